The molecule has 0 amide bonds. The van der Waals surface area contributed by atoms with Crippen molar-refractivity contribution in [3.8, 4) is 11.1 Å². The third kappa shape index (κ3) is 4.39. The molecule has 0 fully saturated rings. The maximum absolute atomic E-state index is 6.90. The van der Waals surface area contributed by atoms with Gasteiger partial charge in [0.2, 0.25) is 5.52 Å². The second-order valence-electron chi connectivity index (χ2n) is 9.60. The Balaban J connectivity index is 1.42. The number of allylic oxidation sites excluding steroid dienone is 2. The van der Waals surface area contributed by atoms with Crippen LogP contribution in [0.25, 0.3) is 33.0 Å². The van der Waals surface area contributed by atoms with E-state index >= 15 is 0 Å². The van der Waals surface area contributed by atoms with Gasteiger partial charge in [-0.25, -0.2) is 0 Å². The van der Waals surface area contributed by atoms with Gasteiger partial charge < -0.3 is 4.90 Å². The molecule has 0 N–H and O–H groups in total. The number of hydrogen-bond acceptors (Lipinski definition) is 2. The lowest BCUT2D eigenvalue weighted by molar-refractivity contribution is -0.642. The van der Waals surface area contributed by atoms with Crippen molar-refractivity contribution < 1.29 is 4.57 Å². The average molecular weight is 520 g/mol. The molecule has 4 heteroatoms. The molecule has 1 aromatic heterocycles. The van der Waals surface area contributed by atoms with E-state index in [-0.39, 0.29) is 0 Å². The van der Waals surface area contributed by atoms with Crippen LogP contribution in [0.2, 0.25) is 0 Å². The number of para-hydroxylation sites is 1. The van der Waals surface area contributed by atoms with Crippen molar-refractivity contribution in [3.05, 3.63) is 129 Å². The van der Waals surface area contributed by atoms with Crippen molar-refractivity contribution >= 4 is 50.5 Å². The van der Waals surface area contributed by atoms with Crippen molar-refractivity contribution in [1.29, 1.82) is 0 Å². The standard InChI is InChI=1S/C33H28ClN2S/c1-22-10-9-11-23(2)33(22)25-16-17-29-30(18-25)37-32(35(29)3)20-26-19-31(34)36(21-24-12-5-4-6-13-24)28-15-8-7-14-27(26)28/h4-20H,21H2,1-3H3/q+1. The molecular weight excluding hydrogens is 492 g/mol. The number of thiazole rings is 1. The van der Waals surface area contributed by atoms with Gasteiger partial charge in [-0.1, -0.05) is 89.7 Å². The number of aromatic nitrogens is 1. The summed E-state index contributed by atoms with van der Waals surface area (Å²) >= 11 is 8.72. The highest BCUT2D eigenvalue weighted by atomic mass is 35.5. The normalized spacial score (nSPS) is 14.2. The summed E-state index contributed by atoms with van der Waals surface area (Å²) in [5, 5.41) is 1.92. The molecular formula is C33H28ClN2S+. The molecule has 1 aliphatic rings. The number of nitrogens with zero attached hydrogens (tertiary/aromatic N) is 2. The Morgan fingerprint density at radius 2 is 1.59 bits per heavy atom. The summed E-state index contributed by atoms with van der Waals surface area (Å²) in [6.45, 7) is 5.11. The van der Waals surface area contributed by atoms with Gasteiger partial charge in [0.05, 0.1) is 5.69 Å². The van der Waals surface area contributed by atoms with Gasteiger partial charge in [0.1, 0.15) is 16.9 Å². The molecule has 1 aliphatic heterocycles. The van der Waals surface area contributed by atoms with Gasteiger partial charge in [0, 0.05) is 24.3 Å². The second-order valence-corrected chi connectivity index (χ2v) is 11.1. The summed E-state index contributed by atoms with van der Waals surface area (Å²) in [6, 6.07) is 32.3. The molecule has 0 saturated heterocycles. The van der Waals surface area contributed by atoms with Crippen molar-refractivity contribution in [1.82, 2.24) is 0 Å². The van der Waals surface area contributed by atoms with E-state index < -0.39 is 0 Å². The first-order chi connectivity index (χ1) is 18.0. The third-order valence-corrected chi connectivity index (χ3v) is 8.60. The molecule has 0 bridgehead atoms. The number of aryl methyl sites for hydroxylation is 3. The Morgan fingerprint density at radius 3 is 2.38 bits per heavy atom. The first kappa shape index (κ1) is 23.7. The Labute approximate surface area is 227 Å². The predicted molar refractivity (Wildman–Crippen MR) is 159 cm³/mol. The minimum Gasteiger partial charge on any atom is -0.327 e. The number of hydrogen-bond donors (Lipinski definition) is 0. The zero-order valence-corrected chi connectivity index (χ0v) is 22.8. The highest BCUT2D eigenvalue weighted by Crippen LogP contribution is 2.40. The fourth-order valence-corrected chi connectivity index (χ4v) is 6.67. The number of halogens is 1. The van der Waals surface area contributed by atoms with Gasteiger partial charge >= 0.3 is 0 Å². The molecule has 0 saturated carbocycles. The molecule has 2 heterocycles. The number of anilines is 1. The molecule has 0 atom stereocenters. The summed E-state index contributed by atoms with van der Waals surface area (Å²) < 4.78 is 3.56. The number of benzene rings is 4. The highest BCUT2D eigenvalue weighted by Gasteiger charge is 2.24. The lowest BCUT2D eigenvalue weighted by atomic mass is 9.96. The SMILES string of the molecule is Cc1cccc(C)c1-c1ccc2c(c1)sc(C=C1C=C(Cl)N(Cc3ccccc3)c3ccccc31)[n+]2C. The first-order valence-corrected chi connectivity index (χ1v) is 13.7. The highest BCUT2D eigenvalue weighted by molar-refractivity contribution is 7.19. The van der Waals surface area contributed by atoms with Gasteiger partial charge in [-0.2, -0.15) is 4.57 Å². The minimum atomic E-state index is 0.731. The Bertz CT molecular complexity index is 1670. The third-order valence-electron chi connectivity index (χ3n) is 7.14. The smallest absolute Gasteiger partial charge is 0.263 e. The maximum atomic E-state index is 6.90. The van der Waals surface area contributed by atoms with E-state index in [0.29, 0.717) is 0 Å². The van der Waals surface area contributed by atoms with Crippen LogP contribution in [-0.4, -0.2) is 0 Å². The molecule has 5 aromatic rings. The fraction of sp³-hybridized carbons (Fsp3) is 0.121. The predicted octanol–water partition coefficient (Wildman–Crippen LogP) is 8.65. The zero-order chi connectivity index (χ0) is 25.5. The van der Waals surface area contributed by atoms with Crippen LogP contribution in [0.1, 0.15) is 27.3 Å². The van der Waals surface area contributed by atoms with E-state index in [1.165, 1.54) is 48.6 Å². The monoisotopic (exact) mass is 519 g/mol. The van der Waals surface area contributed by atoms with E-state index in [4.69, 9.17) is 11.6 Å². The van der Waals surface area contributed by atoms with Crippen molar-refractivity contribution in [3.63, 3.8) is 0 Å². The Hall–Kier alpha value is -3.66. The largest absolute Gasteiger partial charge is 0.327 e. The molecule has 6 rings (SSSR count). The number of fused-ring (bicyclic) bond motifs is 2. The quantitative estimate of drug-likeness (QED) is 0.170. The van der Waals surface area contributed by atoms with Crippen LogP contribution >= 0.6 is 22.9 Å². The Kier molecular flexibility index (Phi) is 6.19. The minimum absolute atomic E-state index is 0.731. The second kappa shape index (κ2) is 9.66. The summed E-state index contributed by atoms with van der Waals surface area (Å²) in [7, 11) is 2.14. The van der Waals surface area contributed by atoms with Crippen molar-refractivity contribution in [2.75, 3.05) is 4.90 Å². The fourth-order valence-electron chi connectivity index (χ4n) is 5.26. The van der Waals surface area contributed by atoms with Gasteiger partial charge in [-0.3, -0.25) is 0 Å². The van der Waals surface area contributed by atoms with Crippen LogP contribution in [0.5, 0.6) is 0 Å². The molecule has 0 aliphatic carbocycles. The van der Waals surface area contributed by atoms with Gasteiger partial charge in [-0.15, -0.1) is 0 Å². The summed E-state index contributed by atoms with van der Waals surface area (Å²) in [5.74, 6) is 0. The van der Waals surface area contributed by atoms with Crippen LogP contribution in [0.3, 0.4) is 0 Å². The summed E-state index contributed by atoms with van der Waals surface area (Å²) in [4.78, 5) is 2.19. The van der Waals surface area contributed by atoms with Crippen LogP contribution in [0.15, 0.2) is 102 Å². The first-order valence-electron chi connectivity index (χ1n) is 12.5. The van der Waals surface area contributed by atoms with Crippen LogP contribution in [-0.2, 0) is 13.6 Å². The molecule has 0 unspecified atom stereocenters. The number of rotatable bonds is 4. The summed E-state index contributed by atoms with van der Waals surface area (Å²) in [5.41, 5.74) is 11.1. The van der Waals surface area contributed by atoms with Crippen LogP contribution in [0.4, 0.5) is 5.69 Å². The van der Waals surface area contributed by atoms with Gasteiger partial charge in [-0.05, 0) is 71.5 Å². The molecule has 0 spiro atoms. The topological polar surface area (TPSA) is 7.12 Å². The van der Waals surface area contributed by atoms with E-state index in [0.717, 1.165) is 23.0 Å². The van der Waals surface area contributed by atoms with Gasteiger partial charge in [0.25, 0.3) is 5.01 Å². The molecule has 4 aromatic carbocycles. The van der Waals surface area contributed by atoms with E-state index in [9.17, 15) is 0 Å². The van der Waals surface area contributed by atoms with Gasteiger partial charge in [0.15, 0.2) is 0 Å². The van der Waals surface area contributed by atoms with Crippen LogP contribution in [0, 0.1) is 13.8 Å². The molecule has 37 heavy (non-hydrogen) atoms. The van der Waals surface area contributed by atoms with Crippen molar-refractivity contribution in [2.24, 2.45) is 7.05 Å². The molecule has 182 valence electrons. The van der Waals surface area contributed by atoms with Crippen LogP contribution < -0.4 is 9.47 Å². The van der Waals surface area contributed by atoms with E-state index in [1.54, 1.807) is 0 Å². The molecule has 0 radical (unpaired) electrons. The lowest BCUT2D eigenvalue weighted by Crippen LogP contribution is -2.29. The lowest BCUT2D eigenvalue weighted by Gasteiger charge is -2.30. The van der Waals surface area contributed by atoms with E-state index in [1.807, 2.05) is 17.4 Å². The molecule has 2 nitrogen and oxygen atoms in total. The van der Waals surface area contributed by atoms with Crippen molar-refractivity contribution in [2.45, 2.75) is 20.4 Å². The Morgan fingerprint density at radius 1 is 0.865 bits per heavy atom. The summed E-state index contributed by atoms with van der Waals surface area (Å²) in [6.07, 6.45) is 4.36. The van der Waals surface area contributed by atoms with E-state index in [2.05, 4.69) is 127 Å². The average Bonchev–Trinajstić information content (AvgIpc) is 3.21. The zero-order valence-electron chi connectivity index (χ0n) is 21.2. The maximum Gasteiger partial charge on any atom is 0.263 e.